The third-order valence-corrected chi connectivity index (χ3v) is 3.94. The summed E-state index contributed by atoms with van der Waals surface area (Å²) in [6.45, 7) is 5.11. The monoisotopic (exact) mass is 378 g/mol. The molecule has 2 rings (SSSR count). The highest BCUT2D eigenvalue weighted by molar-refractivity contribution is 6.32. The van der Waals surface area contributed by atoms with Gasteiger partial charge in [-0.15, -0.1) is 10.2 Å². The van der Waals surface area contributed by atoms with E-state index in [4.69, 9.17) is 21.1 Å². The number of carbonyl (C=O) groups is 1. The number of methoxy groups -OCH3 is 2. The summed E-state index contributed by atoms with van der Waals surface area (Å²) in [5.74, 6) is 1.68. The van der Waals surface area contributed by atoms with Crippen LogP contribution in [-0.2, 0) is 0 Å². The molecule has 0 atom stereocenters. The second-order valence-electron chi connectivity index (χ2n) is 6.05. The molecule has 26 heavy (non-hydrogen) atoms. The molecule has 1 heterocycles. The Balaban J connectivity index is 2.08. The molecule has 2 aromatic rings. The van der Waals surface area contributed by atoms with Crippen LogP contribution in [0.1, 0.15) is 30.8 Å². The number of ether oxygens (including phenoxy) is 2. The third-order valence-electron chi connectivity index (χ3n) is 3.65. The Kier molecular flexibility index (Phi) is 7.03. The van der Waals surface area contributed by atoms with Crippen molar-refractivity contribution >= 4 is 29.0 Å². The molecule has 2 N–H and O–H groups in total. The van der Waals surface area contributed by atoms with Crippen molar-refractivity contribution in [2.45, 2.75) is 20.3 Å². The van der Waals surface area contributed by atoms with Crippen molar-refractivity contribution in [2.24, 2.45) is 5.92 Å². The molecular weight excluding hydrogens is 356 g/mol. The highest BCUT2D eigenvalue weighted by Crippen LogP contribution is 2.36. The van der Waals surface area contributed by atoms with Gasteiger partial charge >= 0.3 is 0 Å². The summed E-state index contributed by atoms with van der Waals surface area (Å²) < 4.78 is 10.4. The lowest BCUT2D eigenvalue weighted by atomic mass is 10.1. The minimum Gasteiger partial charge on any atom is -0.495 e. The minimum atomic E-state index is -0.408. The van der Waals surface area contributed by atoms with E-state index in [1.807, 2.05) is 0 Å². The van der Waals surface area contributed by atoms with Gasteiger partial charge in [-0.05, 0) is 24.5 Å². The Hall–Kier alpha value is -2.54. The number of nitrogens with one attached hydrogen (secondary N) is 2. The Morgan fingerprint density at radius 3 is 2.46 bits per heavy atom. The van der Waals surface area contributed by atoms with Crippen LogP contribution in [0, 0.1) is 5.92 Å². The number of rotatable bonds is 8. The van der Waals surface area contributed by atoms with Crippen LogP contribution in [-0.4, -0.2) is 36.9 Å². The number of benzene rings is 1. The molecule has 8 heteroatoms. The van der Waals surface area contributed by atoms with Crippen molar-refractivity contribution in [1.82, 2.24) is 10.2 Å². The Labute approximate surface area is 158 Å². The molecule has 1 aromatic carbocycles. The molecule has 0 saturated carbocycles. The van der Waals surface area contributed by atoms with Crippen molar-refractivity contribution in [3.63, 3.8) is 0 Å². The summed E-state index contributed by atoms with van der Waals surface area (Å²) in [5, 5.41) is 14.3. The average molecular weight is 379 g/mol. The number of hydrogen-bond acceptors (Lipinski definition) is 6. The van der Waals surface area contributed by atoms with Crippen molar-refractivity contribution in [1.29, 1.82) is 0 Å². The molecule has 0 unspecified atom stereocenters. The maximum absolute atomic E-state index is 12.4. The maximum atomic E-state index is 12.4. The quantitative estimate of drug-likeness (QED) is 0.725. The van der Waals surface area contributed by atoms with E-state index in [1.54, 1.807) is 24.3 Å². The molecule has 0 spiro atoms. The fourth-order valence-electron chi connectivity index (χ4n) is 2.18. The van der Waals surface area contributed by atoms with Crippen molar-refractivity contribution in [3.05, 3.63) is 35.0 Å². The van der Waals surface area contributed by atoms with E-state index < -0.39 is 5.91 Å². The van der Waals surface area contributed by atoms with Crippen LogP contribution >= 0.6 is 11.6 Å². The Bertz CT molecular complexity index is 751. The SMILES string of the molecule is COc1cc(NC(=O)c2ccc(NCCC(C)C)nn2)c(OC)cc1Cl. The van der Waals surface area contributed by atoms with Crippen LogP contribution in [0.25, 0.3) is 0 Å². The molecule has 0 radical (unpaired) electrons. The normalized spacial score (nSPS) is 10.5. The van der Waals surface area contributed by atoms with E-state index >= 15 is 0 Å². The van der Waals surface area contributed by atoms with Gasteiger partial charge < -0.3 is 20.1 Å². The highest BCUT2D eigenvalue weighted by atomic mass is 35.5. The predicted octanol–water partition coefficient (Wildman–Crippen LogP) is 3.86. The van der Waals surface area contributed by atoms with Gasteiger partial charge in [-0.25, -0.2) is 0 Å². The maximum Gasteiger partial charge on any atom is 0.276 e. The molecule has 1 aromatic heterocycles. The van der Waals surface area contributed by atoms with Gasteiger partial charge in [0.05, 0.1) is 24.9 Å². The Morgan fingerprint density at radius 1 is 1.15 bits per heavy atom. The van der Waals surface area contributed by atoms with E-state index in [1.165, 1.54) is 14.2 Å². The zero-order valence-electron chi connectivity index (χ0n) is 15.3. The van der Waals surface area contributed by atoms with Gasteiger partial charge in [-0.2, -0.15) is 0 Å². The fourth-order valence-corrected chi connectivity index (χ4v) is 2.41. The first-order valence-electron chi connectivity index (χ1n) is 8.25. The zero-order valence-corrected chi connectivity index (χ0v) is 16.1. The van der Waals surface area contributed by atoms with Crippen LogP contribution in [0.3, 0.4) is 0 Å². The van der Waals surface area contributed by atoms with E-state index in [9.17, 15) is 4.79 Å². The molecule has 0 aliphatic carbocycles. The molecule has 0 aliphatic heterocycles. The van der Waals surface area contributed by atoms with Gasteiger partial charge in [-0.3, -0.25) is 4.79 Å². The molecule has 0 bridgehead atoms. The molecule has 0 fully saturated rings. The topological polar surface area (TPSA) is 85.4 Å². The van der Waals surface area contributed by atoms with Crippen LogP contribution in [0.4, 0.5) is 11.5 Å². The van der Waals surface area contributed by atoms with Gasteiger partial charge in [0, 0.05) is 18.7 Å². The summed E-state index contributed by atoms with van der Waals surface area (Å²) in [7, 11) is 2.99. The molecule has 7 nitrogen and oxygen atoms in total. The van der Waals surface area contributed by atoms with Crippen LogP contribution < -0.4 is 20.1 Å². The largest absolute Gasteiger partial charge is 0.495 e. The van der Waals surface area contributed by atoms with Gasteiger partial charge in [0.25, 0.3) is 5.91 Å². The first kappa shape index (κ1) is 19.8. The van der Waals surface area contributed by atoms with Gasteiger partial charge in [0.1, 0.15) is 17.3 Å². The van der Waals surface area contributed by atoms with Gasteiger partial charge in [0.2, 0.25) is 0 Å². The summed E-state index contributed by atoms with van der Waals surface area (Å²) in [4.78, 5) is 12.4. The number of hydrogen-bond donors (Lipinski definition) is 2. The van der Waals surface area contributed by atoms with Crippen LogP contribution in [0.2, 0.25) is 5.02 Å². The molecule has 0 aliphatic rings. The number of aromatic nitrogens is 2. The van der Waals surface area contributed by atoms with Gasteiger partial charge in [0.15, 0.2) is 5.69 Å². The van der Waals surface area contributed by atoms with Crippen LogP contribution in [0.15, 0.2) is 24.3 Å². The summed E-state index contributed by atoms with van der Waals surface area (Å²) >= 11 is 6.07. The third kappa shape index (κ3) is 5.23. The highest BCUT2D eigenvalue weighted by Gasteiger charge is 2.15. The molecular formula is C18H23ClN4O3. The minimum absolute atomic E-state index is 0.190. The number of halogens is 1. The van der Waals surface area contributed by atoms with Crippen molar-refractivity contribution in [2.75, 3.05) is 31.4 Å². The first-order chi connectivity index (χ1) is 12.4. The second kappa shape index (κ2) is 9.24. The van der Waals surface area contributed by atoms with E-state index in [2.05, 4.69) is 34.7 Å². The fraction of sp³-hybridized carbons (Fsp3) is 0.389. The van der Waals surface area contributed by atoms with Gasteiger partial charge in [-0.1, -0.05) is 25.4 Å². The lowest BCUT2D eigenvalue weighted by molar-refractivity contribution is 0.102. The second-order valence-corrected chi connectivity index (χ2v) is 6.46. The first-order valence-corrected chi connectivity index (χ1v) is 8.62. The van der Waals surface area contributed by atoms with E-state index in [-0.39, 0.29) is 5.69 Å². The van der Waals surface area contributed by atoms with Crippen LogP contribution in [0.5, 0.6) is 11.5 Å². The average Bonchev–Trinajstić information content (AvgIpc) is 2.63. The predicted molar refractivity (Wildman–Crippen MR) is 102 cm³/mol. The Morgan fingerprint density at radius 2 is 1.88 bits per heavy atom. The molecule has 0 saturated heterocycles. The number of nitrogens with zero attached hydrogens (tertiary/aromatic N) is 2. The summed E-state index contributed by atoms with van der Waals surface area (Å²) in [6.07, 6.45) is 1.03. The lowest BCUT2D eigenvalue weighted by Crippen LogP contribution is -2.16. The lowest BCUT2D eigenvalue weighted by Gasteiger charge is -2.13. The van der Waals surface area contributed by atoms with Crippen molar-refractivity contribution < 1.29 is 14.3 Å². The number of anilines is 2. The smallest absolute Gasteiger partial charge is 0.276 e. The standard InChI is InChI=1S/C18H23ClN4O3/c1-11(2)7-8-20-17-6-5-13(22-23-17)18(24)21-14-10-15(25-3)12(19)9-16(14)26-4/h5-6,9-11H,7-8H2,1-4H3,(H,20,23)(H,21,24). The number of amides is 1. The zero-order chi connectivity index (χ0) is 19.1. The summed E-state index contributed by atoms with van der Waals surface area (Å²) in [5.41, 5.74) is 0.620. The molecule has 140 valence electrons. The van der Waals surface area contributed by atoms with Crippen molar-refractivity contribution in [3.8, 4) is 11.5 Å². The molecule has 1 amide bonds. The summed E-state index contributed by atoms with van der Waals surface area (Å²) in [6, 6.07) is 6.50. The number of carbonyl (C=O) groups excluding carboxylic acids is 1. The van der Waals surface area contributed by atoms with E-state index in [0.29, 0.717) is 33.9 Å². The van der Waals surface area contributed by atoms with E-state index in [0.717, 1.165) is 13.0 Å².